The van der Waals surface area contributed by atoms with Gasteiger partial charge in [0, 0.05) is 23.1 Å². The molecule has 19 heavy (non-hydrogen) atoms. The molecule has 1 aromatic carbocycles. The van der Waals surface area contributed by atoms with Crippen LogP contribution in [0.25, 0.3) is 22.5 Å². The first-order valence-electron chi connectivity index (χ1n) is 5.81. The van der Waals surface area contributed by atoms with E-state index >= 15 is 0 Å². The Labute approximate surface area is 109 Å². The number of hydrogen-bond donors (Lipinski definition) is 2. The van der Waals surface area contributed by atoms with Gasteiger partial charge in [-0.15, -0.1) is 5.10 Å². The zero-order valence-electron chi connectivity index (χ0n) is 10.3. The first-order valence-corrected chi connectivity index (χ1v) is 5.81. The molecule has 0 aliphatic rings. The molecule has 0 saturated carbocycles. The van der Waals surface area contributed by atoms with Gasteiger partial charge in [-0.25, -0.2) is 5.10 Å². The number of pyridine rings is 1. The van der Waals surface area contributed by atoms with E-state index in [9.17, 15) is 0 Å². The highest BCUT2D eigenvalue weighted by Gasteiger charge is 2.11. The summed E-state index contributed by atoms with van der Waals surface area (Å²) in [4.78, 5) is 4.20. The molecule has 94 valence electrons. The lowest BCUT2D eigenvalue weighted by Crippen LogP contribution is -1.92. The van der Waals surface area contributed by atoms with Gasteiger partial charge in [-0.3, -0.25) is 4.98 Å². The number of anilines is 1. The number of benzene rings is 1. The second-order valence-corrected chi connectivity index (χ2v) is 4.24. The molecule has 0 spiro atoms. The lowest BCUT2D eigenvalue weighted by Gasteiger charge is -2.08. The number of nitrogen functional groups attached to an aromatic ring is 1. The van der Waals surface area contributed by atoms with E-state index < -0.39 is 0 Å². The smallest absolute Gasteiger partial charge is 0.180 e. The maximum absolute atomic E-state index is 5.85. The Morgan fingerprint density at radius 2 is 2.00 bits per heavy atom. The van der Waals surface area contributed by atoms with Crippen LogP contribution in [0.4, 0.5) is 5.69 Å². The number of nitrogens with two attached hydrogens (primary N) is 1. The molecule has 0 unspecified atom stereocenters. The molecule has 6 nitrogen and oxygen atoms in total. The number of nitrogens with zero attached hydrogens (tertiary/aromatic N) is 4. The van der Waals surface area contributed by atoms with Gasteiger partial charge in [-0.05, 0) is 52.7 Å². The molecule has 2 heterocycles. The number of aromatic amines is 1. The fourth-order valence-corrected chi connectivity index (χ4v) is 2.00. The van der Waals surface area contributed by atoms with E-state index in [2.05, 4.69) is 25.6 Å². The van der Waals surface area contributed by atoms with E-state index in [1.165, 1.54) is 0 Å². The van der Waals surface area contributed by atoms with E-state index in [0.717, 1.165) is 22.4 Å². The van der Waals surface area contributed by atoms with Crippen molar-refractivity contribution in [1.82, 2.24) is 25.6 Å². The second kappa shape index (κ2) is 4.49. The van der Waals surface area contributed by atoms with Crippen molar-refractivity contribution < 1.29 is 0 Å². The summed E-state index contributed by atoms with van der Waals surface area (Å²) in [7, 11) is 0. The van der Waals surface area contributed by atoms with Crippen LogP contribution in [0.5, 0.6) is 0 Å². The molecule has 0 aliphatic heterocycles. The number of nitrogens with one attached hydrogen (secondary N) is 1. The zero-order valence-corrected chi connectivity index (χ0v) is 10.3. The third-order valence-corrected chi connectivity index (χ3v) is 2.85. The number of H-pyrrole nitrogens is 1. The highest BCUT2D eigenvalue weighted by molar-refractivity contribution is 5.82. The normalized spacial score (nSPS) is 10.6. The predicted molar refractivity (Wildman–Crippen MR) is 72.0 cm³/mol. The molecule has 3 rings (SSSR count). The minimum Gasteiger partial charge on any atom is -0.399 e. The minimum absolute atomic E-state index is 0.594. The molecule has 3 N–H and O–H groups in total. The summed E-state index contributed by atoms with van der Waals surface area (Å²) < 4.78 is 0. The van der Waals surface area contributed by atoms with Crippen molar-refractivity contribution in [1.29, 1.82) is 0 Å². The molecular weight excluding hydrogens is 240 g/mol. The Morgan fingerprint density at radius 3 is 2.74 bits per heavy atom. The standard InChI is InChI=1S/C13H12N6/c1-8-6-9(4-5-15-8)11-3-2-10(14)7-12(11)13-16-18-19-17-13/h2-7H,14H2,1H3,(H,16,17,18,19). The topological polar surface area (TPSA) is 93.4 Å². The van der Waals surface area contributed by atoms with Crippen LogP contribution in [-0.4, -0.2) is 25.6 Å². The van der Waals surface area contributed by atoms with Gasteiger partial charge < -0.3 is 5.73 Å². The van der Waals surface area contributed by atoms with Gasteiger partial charge in [-0.1, -0.05) is 6.07 Å². The van der Waals surface area contributed by atoms with E-state index in [1.807, 2.05) is 37.3 Å². The van der Waals surface area contributed by atoms with Crippen LogP contribution >= 0.6 is 0 Å². The first-order chi connectivity index (χ1) is 9.24. The van der Waals surface area contributed by atoms with Crippen LogP contribution in [-0.2, 0) is 0 Å². The summed E-state index contributed by atoms with van der Waals surface area (Å²) in [5, 5.41) is 13.9. The highest BCUT2D eigenvalue weighted by Crippen LogP contribution is 2.31. The van der Waals surface area contributed by atoms with Crippen LogP contribution in [0, 0.1) is 6.92 Å². The van der Waals surface area contributed by atoms with Gasteiger partial charge in [0.05, 0.1) is 0 Å². The Balaban J connectivity index is 2.21. The summed E-state index contributed by atoms with van der Waals surface area (Å²) >= 11 is 0. The number of aryl methyl sites for hydroxylation is 1. The van der Waals surface area contributed by atoms with Gasteiger partial charge in [0.2, 0.25) is 0 Å². The summed E-state index contributed by atoms with van der Waals surface area (Å²) in [5.41, 5.74) is 10.4. The molecule has 6 heteroatoms. The fraction of sp³-hybridized carbons (Fsp3) is 0.0769. The molecular formula is C13H12N6. The van der Waals surface area contributed by atoms with Crippen molar-refractivity contribution in [2.24, 2.45) is 0 Å². The van der Waals surface area contributed by atoms with Crippen molar-refractivity contribution in [2.75, 3.05) is 5.73 Å². The van der Waals surface area contributed by atoms with Crippen molar-refractivity contribution in [2.45, 2.75) is 6.92 Å². The SMILES string of the molecule is Cc1cc(-c2ccc(N)cc2-c2nnn[nH]2)ccn1. The summed E-state index contributed by atoms with van der Waals surface area (Å²) in [6.07, 6.45) is 1.78. The monoisotopic (exact) mass is 252 g/mol. The summed E-state index contributed by atoms with van der Waals surface area (Å²) in [6, 6.07) is 9.64. The quantitative estimate of drug-likeness (QED) is 0.678. The average molecular weight is 252 g/mol. The minimum atomic E-state index is 0.594. The Hall–Kier alpha value is -2.76. The van der Waals surface area contributed by atoms with Crippen molar-refractivity contribution in [3.63, 3.8) is 0 Å². The fourth-order valence-electron chi connectivity index (χ4n) is 2.00. The molecule has 0 amide bonds. The molecule has 0 fully saturated rings. The van der Waals surface area contributed by atoms with Gasteiger partial charge >= 0.3 is 0 Å². The number of tetrazole rings is 1. The summed E-state index contributed by atoms with van der Waals surface area (Å²) in [5.74, 6) is 0.594. The predicted octanol–water partition coefficient (Wildman–Crippen LogP) is 1.82. The summed E-state index contributed by atoms with van der Waals surface area (Å²) in [6.45, 7) is 1.95. The van der Waals surface area contributed by atoms with Gasteiger partial charge in [0.25, 0.3) is 0 Å². The molecule has 0 aliphatic carbocycles. The van der Waals surface area contributed by atoms with Gasteiger partial charge in [0.15, 0.2) is 5.82 Å². The molecule has 0 bridgehead atoms. The van der Waals surface area contributed by atoms with E-state index in [4.69, 9.17) is 5.73 Å². The van der Waals surface area contributed by atoms with Crippen LogP contribution < -0.4 is 5.73 Å². The average Bonchev–Trinajstić information content (AvgIpc) is 2.92. The van der Waals surface area contributed by atoms with E-state index in [-0.39, 0.29) is 0 Å². The van der Waals surface area contributed by atoms with Crippen LogP contribution in [0.2, 0.25) is 0 Å². The number of rotatable bonds is 2. The number of hydrogen-bond acceptors (Lipinski definition) is 5. The lowest BCUT2D eigenvalue weighted by molar-refractivity contribution is 0.881. The maximum atomic E-state index is 5.85. The molecule has 2 aromatic heterocycles. The van der Waals surface area contributed by atoms with Crippen molar-refractivity contribution in [3.05, 3.63) is 42.2 Å². The molecule has 0 radical (unpaired) electrons. The lowest BCUT2D eigenvalue weighted by atomic mass is 9.99. The zero-order chi connectivity index (χ0) is 13.2. The van der Waals surface area contributed by atoms with Crippen LogP contribution in [0.15, 0.2) is 36.5 Å². The molecule has 0 atom stereocenters. The van der Waals surface area contributed by atoms with Crippen molar-refractivity contribution >= 4 is 5.69 Å². The highest BCUT2D eigenvalue weighted by atomic mass is 15.5. The molecule has 3 aromatic rings. The van der Waals surface area contributed by atoms with Crippen molar-refractivity contribution in [3.8, 4) is 22.5 Å². The Morgan fingerprint density at radius 1 is 1.11 bits per heavy atom. The third-order valence-electron chi connectivity index (χ3n) is 2.85. The molecule has 0 saturated heterocycles. The van der Waals surface area contributed by atoms with Crippen LogP contribution in [0.1, 0.15) is 5.69 Å². The van der Waals surface area contributed by atoms with E-state index in [1.54, 1.807) is 6.20 Å². The number of aromatic nitrogens is 5. The first kappa shape index (κ1) is 11.3. The van der Waals surface area contributed by atoms with Crippen LogP contribution in [0.3, 0.4) is 0 Å². The van der Waals surface area contributed by atoms with E-state index in [0.29, 0.717) is 11.5 Å². The second-order valence-electron chi connectivity index (χ2n) is 4.24. The maximum Gasteiger partial charge on any atom is 0.180 e. The Kier molecular flexibility index (Phi) is 2.68. The largest absolute Gasteiger partial charge is 0.399 e. The third kappa shape index (κ3) is 2.15. The Bertz CT molecular complexity index is 705. The van der Waals surface area contributed by atoms with Gasteiger partial charge in [0.1, 0.15) is 0 Å². The van der Waals surface area contributed by atoms with Gasteiger partial charge in [-0.2, -0.15) is 0 Å².